The number of aryl methyl sites for hydroxylation is 1. The number of esters is 1. The Morgan fingerprint density at radius 2 is 1.31 bits per heavy atom. The number of para-hydroxylation sites is 2. The molecule has 51 heavy (non-hydrogen) atoms. The Bertz CT molecular complexity index is 2220. The highest BCUT2D eigenvalue weighted by molar-refractivity contribution is 6.01. The molecule has 0 amide bonds. The SMILES string of the molecule is C=C/C=C(/Nc1ccc(C(c2ccc(Nc3ccccc3C)cc2)c2ccc(Nc3ccccc3C(=O)OCC)c3ccccc23)cc1)C(=C)C. The molecule has 0 aliphatic rings. The van der Waals surface area contributed by atoms with Gasteiger partial charge in [0.1, 0.15) is 0 Å². The average Bonchev–Trinajstić information content (AvgIpc) is 3.15. The molecule has 0 saturated heterocycles. The van der Waals surface area contributed by atoms with Crippen LogP contribution in [0.15, 0.2) is 170 Å². The lowest BCUT2D eigenvalue weighted by molar-refractivity contribution is 0.0527. The smallest absolute Gasteiger partial charge is 0.340 e. The van der Waals surface area contributed by atoms with Gasteiger partial charge in [-0.2, -0.15) is 0 Å². The Morgan fingerprint density at radius 3 is 1.96 bits per heavy atom. The fraction of sp³-hybridized carbons (Fsp3) is 0.109. The highest BCUT2D eigenvalue weighted by Gasteiger charge is 2.21. The lowest BCUT2D eigenvalue weighted by Gasteiger charge is -2.23. The van der Waals surface area contributed by atoms with E-state index in [4.69, 9.17) is 4.74 Å². The van der Waals surface area contributed by atoms with Gasteiger partial charge in [0.15, 0.2) is 0 Å². The summed E-state index contributed by atoms with van der Waals surface area (Å²) in [5.41, 5.74) is 11.7. The summed E-state index contributed by atoms with van der Waals surface area (Å²) in [4.78, 5) is 12.8. The lowest BCUT2D eigenvalue weighted by atomic mass is 9.82. The molecular formula is C46H43N3O2. The molecule has 0 aromatic heterocycles. The van der Waals surface area contributed by atoms with E-state index < -0.39 is 0 Å². The Kier molecular flexibility index (Phi) is 10.8. The summed E-state index contributed by atoms with van der Waals surface area (Å²) in [7, 11) is 0. The minimum Gasteiger partial charge on any atom is -0.462 e. The number of nitrogens with one attached hydrogen (secondary N) is 3. The molecule has 6 aromatic rings. The third-order valence-electron chi connectivity index (χ3n) is 8.90. The van der Waals surface area contributed by atoms with E-state index in [-0.39, 0.29) is 11.9 Å². The monoisotopic (exact) mass is 669 g/mol. The van der Waals surface area contributed by atoms with Crippen LogP contribution < -0.4 is 16.0 Å². The Hall–Kier alpha value is -6.33. The zero-order valence-electron chi connectivity index (χ0n) is 29.4. The molecule has 254 valence electrons. The summed E-state index contributed by atoms with van der Waals surface area (Å²) in [5, 5.41) is 12.8. The molecule has 0 aliphatic heterocycles. The molecule has 1 unspecified atom stereocenters. The van der Waals surface area contributed by atoms with Gasteiger partial charge < -0.3 is 20.7 Å². The van der Waals surface area contributed by atoms with Crippen molar-refractivity contribution in [1.82, 2.24) is 0 Å². The number of carbonyl (C=O) groups excluding carboxylic acids is 1. The second-order valence-electron chi connectivity index (χ2n) is 12.5. The first-order valence-electron chi connectivity index (χ1n) is 17.2. The molecule has 0 heterocycles. The highest BCUT2D eigenvalue weighted by Crippen LogP contribution is 2.40. The molecule has 0 spiro atoms. The largest absolute Gasteiger partial charge is 0.462 e. The van der Waals surface area contributed by atoms with Crippen LogP contribution in [0, 0.1) is 6.92 Å². The fourth-order valence-electron chi connectivity index (χ4n) is 6.31. The van der Waals surface area contributed by atoms with Crippen molar-refractivity contribution in [3.05, 3.63) is 198 Å². The third kappa shape index (κ3) is 7.95. The molecule has 5 heteroatoms. The van der Waals surface area contributed by atoms with E-state index >= 15 is 0 Å². The molecule has 0 saturated carbocycles. The quantitative estimate of drug-likeness (QED) is 0.0649. The van der Waals surface area contributed by atoms with E-state index in [1.165, 1.54) is 16.7 Å². The summed E-state index contributed by atoms with van der Waals surface area (Å²) < 4.78 is 5.34. The molecule has 1 atom stereocenters. The first kappa shape index (κ1) is 34.5. The van der Waals surface area contributed by atoms with Crippen molar-refractivity contribution in [1.29, 1.82) is 0 Å². The number of allylic oxidation sites excluding steroid dienone is 3. The van der Waals surface area contributed by atoms with E-state index in [2.05, 4.69) is 127 Å². The summed E-state index contributed by atoms with van der Waals surface area (Å²) in [6.07, 6.45) is 3.69. The van der Waals surface area contributed by atoms with Crippen molar-refractivity contribution in [3.63, 3.8) is 0 Å². The maximum atomic E-state index is 12.8. The van der Waals surface area contributed by atoms with Gasteiger partial charge in [-0.3, -0.25) is 0 Å². The maximum absolute atomic E-state index is 12.8. The zero-order valence-corrected chi connectivity index (χ0v) is 29.4. The summed E-state index contributed by atoms with van der Waals surface area (Å²) in [6, 6.07) is 45.8. The summed E-state index contributed by atoms with van der Waals surface area (Å²) in [5.74, 6) is -0.420. The Labute approximate surface area is 301 Å². The van der Waals surface area contributed by atoms with Gasteiger partial charge in [0.2, 0.25) is 0 Å². The molecule has 6 rings (SSSR count). The van der Waals surface area contributed by atoms with Gasteiger partial charge in [0, 0.05) is 39.8 Å². The number of ether oxygens (including phenoxy) is 1. The maximum Gasteiger partial charge on any atom is 0.340 e. The van der Waals surface area contributed by atoms with E-state index in [0.29, 0.717) is 17.9 Å². The van der Waals surface area contributed by atoms with E-state index in [0.717, 1.165) is 50.4 Å². The minimum atomic E-state index is -0.352. The van der Waals surface area contributed by atoms with Crippen LogP contribution in [0.1, 0.15) is 52.4 Å². The van der Waals surface area contributed by atoms with Crippen molar-refractivity contribution < 1.29 is 9.53 Å². The lowest BCUT2D eigenvalue weighted by Crippen LogP contribution is -2.08. The van der Waals surface area contributed by atoms with Gasteiger partial charge >= 0.3 is 5.97 Å². The number of anilines is 5. The van der Waals surface area contributed by atoms with Gasteiger partial charge in [-0.15, -0.1) is 0 Å². The number of hydrogen-bond donors (Lipinski definition) is 3. The van der Waals surface area contributed by atoms with Crippen LogP contribution in [0.5, 0.6) is 0 Å². The normalized spacial score (nSPS) is 11.8. The van der Waals surface area contributed by atoms with Gasteiger partial charge in [-0.1, -0.05) is 104 Å². The van der Waals surface area contributed by atoms with Crippen molar-refractivity contribution in [2.45, 2.75) is 26.7 Å². The molecule has 0 fully saturated rings. The number of hydrogen-bond acceptors (Lipinski definition) is 5. The Balaban J connectivity index is 1.42. The van der Waals surface area contributed by atoms with Gasteiger partial charge in [0.25, 0.3) is 0 Å². The van der Waals surface area contributed by atoms with Crippen molar-refractivity contribution in [3.8, 4) is 0 Å². The van der Waals surface area contributed by atoms with Crippen molar-refractivity contribution in [2.24, 2.45) is 0 Å². The van der Waals surface area contributed by atoms with Crippen LogP contribution in [0.2, 0.25) is 0 Å². The van der Waals surface area contributed by atoms with E-state index in [1.54, 1.807) is 12.1 Å². The first-order chi connectivity index (χ1) is 24.9. The highest BCUT2D eigenvalue weighted by atomic mass is 16.5. The first-order valence-corrected chi connectivity index (χ1v) is 17.2. The molecule has 0 radical (unpaired) electrons. The van der Waals surface area contributed by atoms with Crippen LogP contribution >= 0.6 is 0 Å². The van der Waals surface area contributed by atoms with Crippen LogP contribution in [0.3, 0.4) is 0 Å². The number of benzene rings is 6. The Morgan fingerprint density at radius 1 is 0.706 bits per heavy atom. The van der Waals surface area contributed by atoms with Gasteiger partial charge in [-0.25, -0.2) is 4.79 Å². The number of fused-ring (bicyclic) bond motifs is 1. The zero-order chi connectivity index (χ0) is 35.7. The molecule has 0 aliphatic carbocycles. The average molecular weight is 670 g/mol. The number of rotatable bonds is 13. The topological polar surface area (TPSA) is 62.4 Å². The van der Waals surface area contributed by atoms with Crippen molar-refractivity contribution in [2.75, 3.05) is 22.6 Å². The molecule has 5 nitrogen and oxygen atoms in total. The molecule has 0 bridgehead atoms. The van der Waals surface area contributed by atoms with Crippen LogP contribution in [0.4, 0.5) is 28.4 Å². The van der Waals surface area contributed by atoms with Crippen LogP contribution in [0.25, 0.3) is 10.8 Å². The van der Waals surface area contributed by atoms with E-state index in [9.17, 15) is 4.79 Å². The summed E-state index contributed by atoms with van der Waals surface area (Å²) in [6.45, 7) is 14.2. The molecular weight excluding hydrogens is 627 g/mol. The number of carbonyl (C=O) groups is 1. The van der Waals surface area contributed by atoms with Crippen LogP contribution in [-0.2, 0) is 4.74 Å². The third-order valence-corrected chi connectivity index (χ3v) is 8.90. The minimum absolute atomic E-state index is 0.0679. The van der Waals surface area contributed by atoms with Crippen LogP contribution in [-0.4, -0.2) is 12.6 Å². The van der Waals surface area contributed by atoms with E-state index in [1.807, 2.05) is 56.3 Å². The molecule has 6 aromatic carbocycles. The second-order valence-corrected chi connectivity index (χ2v) is 12.5. The van der Waals surface area contributed by atoms with Gasteiger partial charge in [-0.05, 0) is 109 Å². The predicted molar refractivity (Wildman–Crippen MR) is 215 cm³/mol. The predicted octanol–water partition coefficient (Wildman–Crippen LogP) is 12.1. The standard InChI is InChI=1S/C46H43N3O2/c1-6-14-41(31(3)4)47-35-25-21-33(22-26-35)45(34-23-27-36(28-24-34)48-42-19-12-8-15-32(42)5)39-29-30-44(38-17-10-9-16-37(38)39)49-43-20-13-11-18-40(43)46(50)51-7-2/h6,8-30,45,47-49H,1,3,7H2,2,4-5H3/b41-14+. The summed E-state index contributed by atoms with van der Waals surface area (Å²) >= 11 is 0. The fourth-order valence-corrected chi connectivity index (χ4v) is 6.31. The molecule has 3 N–H and O–H groups in total. The van der Waals surface area contributed by atoms with Gasteiger partial charge in [0.05, 0.1) is 17.9 Å². The second kappa shape index (κ2) is 15.9. The van der Waals surface area contributed by atoms with Crippen molar-refractivity contribution >= 4 is 45.2 Å².